The predicted molar refractivity (Wildman–Crippen MR) is 79.2 cm³/mol. The summed E-state index contributed by atoms with van der Waals surface area (Å²) >= 11 is 0. The third-order valence-corrected chi connectivity index (χ3v) is 6.34. The van der Waals surface area contributed by atoms with Crippen molar-refractivity contribution in [3.63, 3.8) is 0 Å². The summed E-state index contributed by atoms with van der Waals surface area (Å²) < 4.78 is 29.9. The molecule has 1 rings (SSSR count). The van der Waals surface area contributed by atoms with E-state index < -0.39 is 9.84 Å². The van der Waals surface area contributed by atoms with Crippen LogP contribution < -0.4 is 5.32 Å². The Morgan fingerprint density at radius 3 is 2.63 bits per heavy atom. The highest BCUT2D eigenvalue weighted by Gasteiger charge is 2.44. The van der Waals surface area contributed by atoms with Crippen LogP contribution in [0.25, 0.3) is 0 Å². The van der Waals surface area contributed by atoms with E-state index in [0.29, 0.717) is 6.61 Å². The van der Waals surface area contributed by atoms with Crippen LogP contribution >= 0.6 is 0 Å². The third kappa shape index (κ3) is 4.43. The van der Waals surface area contributed by atoms with Crippen LogP contribution in [0.2, 0.25) is 0 Å². The zero-order valence-corrected chi connectivity index (χ0v) is 13.6. The van der Waals surface area contributed by atoms with E-state index in [-0.39, 0.29) is 22.5 Å². The van der Waals surface area contributed by atoms with E-state index in [4.69, 9.17) is 4.74 Å². The molecule has 2 unspecified atom stereocenters. The minimum atomic E-state index is -3.08. The predicted octanol–water partition coefficient (Wildman–Crippen LogP) is 1.99. The Morgan fingerprint density at radius 2 is 2.05 bits per heavy atom. The first-order valence-corrected chi connectivity index (χ1v) is 9.00. The highest BCUT2D eigenvalue weighted by atomic mass is 32.2. The molecule has 0 aromatic carbocycles. The Kier molecular flexibility index (Phi) is 6.27. The third-order valence-electron chi connectivity index (χ3n) is 4.17. The number of rotatable bonds is 7. The molecule has 0 aromatic rings. The van der Waals surface area contributed by atoms with E-state index in [2.05, 4.69) is 26.1 Å². The topological polar surface area (TPSA) is 55.4 Å². The van der Waals surface area contributed by atoms with Crippen molar-refractivity contribution in [3.8, 4) is 0 Å². The minimum absolute atomic E-state index is 0.0399. The number of nitrogens with one attached hydrogen (secondary N) is 1. The van der Waals surface area contributed by atoms with E-state index >= 15 is 0 Å². The normalized spacial score (nSPS) is 27.4. The van der Waals surface area contributed by atoms with Gasteiger partial charge in [-0.05, 0) is 31.2 Å². The lowest BCUT2D eigenvalue weighted by Crippen LogP contribution is -2.56. The van der Waals surface area contributed by atoms with Crippen LogP contribution in [0.15, 0.2) is 0 Å². The highest BCUT2D eigenvalue weighted by Crippen LogP contribution is 2.38. The second kappa shape index (κ2) is 7.04. The fourth-order valence-corrected chi connectivity index (χ4v) is 5.14. The molecule has 0 bridgehead atoms. The number of ether oxygens (including phenoxy) is 1. The van der Waals surface area contributed by atoms with Gasteiger partial charge in [-0.3, -0.25) is 0 Å². The molecule has 1 N–H and O–H groups in total. The van der Waals surface area contributed by atoms with Crippen molar-refractivity contribution < 1.29 is 13.2 Å². The molecule has 1 fully saturated rings. The van der Waals surface area contributed by atoms with Gasteiger partial charge >= 0.3 is 0 Å². The van der Waals surface area contributed by atoms with E-state index in [1.54, 1.807) is 7.11 Å². The molecule has 0 heterocycles. The quantitative estimate of drug-likeness (QED) is 0.779. The molecule has 1 aliphatic carbocycles. The van der Waals surface area contributed by atoms with Crippen molar-refractivity contribution in [2.24, 2.45) is 5.41 Å². The van der Waals surface area contributed by atoms with Crippen molar-refractivity contribution >= 4 is 9.84 Å². The van der Waals surface area contributed by atoms with Gasteiger partial charge < -0.3 is 10.1 Å². The summed E-state index contributed by atoms with van der Waals surface area (Å²) in [6, 6.07) is 0.0584. The van der Waals surface area contributed by atoms with Crippen LogP contribution in [0.3, 0.4) is 0 Å². The largest absolute Gasteiger partial charge is 0.384 e. The second-order valence-electron chi connectivity index (χ2n) is 6.21. The molecule has 0 aromatic heterocycles. The van der Waals surface area contributed by atoms with Crippen LogP contribution in [0, 0.1) is 5.41 Å². The number of hydrogen-bond donors (Lipinski definition) is 1. The average Bonchev–Trinajstić information content (AvgIpc) is 2.34. The van der Waals surface area contributed by atoms with Crippen molar-refractivity contribution in [3.05, 3.63) is 0 Å². The molecule has 0 spiro atoms. The first-order valence-electron chi connectivity index (χ1n) is 7.29. The van der Waals surface area contributed by atoms with E-state index in [0.717, 1.165) is 32.2 Å². The molecule has 19 heavy (non-hydrogen) atoms. The first kappa shape index (κ1) is 16.9. The summed E-state index contributed by atoms with van der Waals surface area (Å²) in [4.78, 5) is 0. The SMILES string of the molecule is CCCNC1C(S(=O)(=O)CCOC)CCCC1(C)C. The van der Waals surface area contributed by atoms with Gasteiger partial charge in [0.25, 0.3) is 0 Å². The van der Waals surface area contributed by atoms with Gasteiger partial charge in [-0.15, -0.1) is 0 Å². The Balaban J connectivity index is 2.88. The number of methoxy groups -OCH3 is 1. The lowest BCUT2D eigenvalue weighted by atomic mass is 9.73. The molecule has 0 aliphatic heterocycles. The summed E-state index contributed by atoms with van der Waals surface area (Å²) in [6.45, 7) is 7.64. The average molecular weight is 291 g/mol. The Labute approximate surface area is 118 Å². The fourth-order valence-electron chi connectivity index (χ4n) is 3.03. The van der Waals surface area contributed by atoms with E-state index in [9.17, 15) is 8.42 Å². The molecule has 1 saturated carbocycles. The maximum atomic E-state index is 12.5. The van der Waals surface area contributed by atoms with E-state index in [1.165, 1.54) is 0 Å². The van der Waals surface area contributed by atoms with Gasteiger partial charge in [-0.1, -0.05) is 27.2 Å². The van der Waals surface area contributed by atoms with Crippen molar-refractivity contribution in [1.82, 2.24) is 5.32 Å². The summed E-state index contributed by atoms with van der Waals surface area (Å²) in [6.07, 6.45) is 3.88. The van der Waals surface area contributed by atoms with Gasteiger partial charge in [0.05, 0.1) is 17.6 Å². The lowest BCUT2D eigenvalue weighted by Gasteiger charge is -2.44. The second-order valence-corrected chi connectivity index (χ2v) is 8.55. The van der Waals surface area contributed by atoms with Gasteiger partial charge in [-0.2, -0.15) is 0 Å². The number of sulfone groups is 1. The first-order chi connectivity index (χ1) is 8.85. The van der Waals surface area contributed by atoms with Crippen LogP contribution in [0.5, 0.6) is 0 Å². The van der Waals surface area contributed by atoms with Crippen molar-refractivity contribution in [2.75, 3.05) is 26.0 Å². The molecule has 0 radical (unpaired) electrons. The number of hydrogen-bond acceptors (Lipinski definition) is 4. The molecule has 114 valence electrons. The van der Waals surface area contributed by atoms with Crippen LogP contribution in [-0.2, 0) is 14.6 Å². The zero-order valence-electron chi connectivity index (χ0n) is 12.7. The maximum Gasteiger partial charge on any atom is 0.156 e. The monoisotopic (exact) mass is 291 g/mol. The standard InChI is InChI=1S/C14H29NO3S/c1-5-9-15-13-12(7-6-8-14(13,2)3)19(16,17)11-10-18-4/h12-13,15H,5-11H2,1-4H3. The Bertz CT molecular complexity index is 365. The fraction of sp³-hybridized carbons (Fsp3) is 1.00. The molecule has 0 saturated heterocycles. The molecule has 1 aliphatic rings. The minimum Gasteiger partial charge on any atom is -0.384 e. The summed E-state index contributed by atoms with van der Waals surface area (Å²) in [5.74, 6) is 0.133. The molecule has 5 heteroatoms. The van der Waals surface area contributed by atoms with Gasteiger partial charge in [0.1, 0.15) is 0 Å². The summed E-state index contributed by atoms with van der Waals surface area (Å²) in [5, 5.41) is 3.21. The van der Waals surface area contributed by atoms with Gasteiger partial charge in [0.15, 0.2) is 9.84 Å². The van der Waals surface area contributed by atoms with Gasteiger partial charge in [0.2, 0.25) is 0 Å². The zero-order chi connectivity index (χ0) is 14.5. The summed E-state index contributed by atoms with van der Waals surface area (Å²) in [7, 11) is -1.53. The molecule has 2 atom stereocenters. The van der Waals surface area contributed by atoms with Gasteiger partial charge in [-0.25, -0.2) is 8.42 Å². The van der Waals surface area contributed by atoms with E-state index in [1.807, 2.05) is 0 Å². The molecule has 4 nitrogen and oxygen atoms in total. The highest BCUT2D eigenvalue weighted by molar-refractivity contribution is 7.92. The lowest BCUT2D eigenvalue weighted by molar-refractivity contribution is 0.169. The summed E-state index contributed by atoms with van der Waals surface area (Å²) in [5.41, 5.74) is 0.0399. The molecular formula is C14H29NO3S. The molecule has 0 amide bonds. The van der Waals surface area contributed by atoms with Crippen LogP contribution in [0.4, 0.5) is 0 Å². The molecular weight excluding hydrogens is 262 g/mol. The maximum absolute atomic E-state index is 12.5. The smallest absolute Gasteiger partial charge is 0.156 e. The van der Waals surface area contributed by atoms with Crippen molar-refractivity contribution in [2.45, 2.75) is 57.7 Å². The van der Waals surface area contributed by atoms with Crippen LogP contribution in [0.1, 0.15) is 46.5 Å². The van der Waals surface area contributed by atoms with Gasteiger partial charge in [0, 0.05) is 13.2 Å². The Morgan fingerprint density at radius 1 is 1.37 bits per heavy atom. The Hall–Kier alpha value is -0.130. The van der Waals surface area contributed by atoms with Crippen LogP contribution in [-0.4, -0.2) is 45.7 Å². The van der Waals surface area contributed by atoms with Crippen molar-refractivity contribution in [1.29, 1.82) is 0 Å².